The van der Waals surface area contributed by atoms with Gasteiger partial charge in [-0.3, -0.25) is 4.98 Å². The molecule has 7 nitrogen and oxygen atoms in total. The van der Waals surface area contributed by atoms with Crippen LogP contribution in [0.15, 0.2) is 24.7 Å². The zero-order valence-corrected chi connectivity index (χ0v) is 17.6. The van der Waals surface area contributed by atoms with E-state index in [1.807, 2.05) is 0 Å². The summed E-state index contributed by atoms with van der Waals surface area (Å²) < 4.78 is 0. The van der Waals surface area contributed by atoms with Crippen molar-refractivity contribution in [3.63, 3.8) is 0 Å². The number of rotatable bonds is 6. The molecule has 30 heavy (non-hydrogen) atoms. The molecule has 6 rings (SSSR count). The first-order valence-electron chi connectivity index (χ1n) is 10.6. The van der Waals surface area contributed by atoms with Gasteiger partial charge in [0.15, 0.2) is 0 Å². The Morgan fingerprint density at radius 1 is 1.20 bits per heavy atom. The molecule has 2 heterocycles. The summed E-state index contributed by atoms with van der Waals surface area (Å²) in [5.41, 5.74) is 8.09. The van der Waals surface area contributed by atoms with Crippen LogP contribution in [-0.2, 0) is 6.54 Å². The highest BCUT2D eigenvalue weighted by molar-refractivity contribution is 6.31. The summed E-state index contributed by atoms with van der Waals surface area (Å²) in [6.07, 6.45) is 11.2. The maximum Gasteiger partial charge on any atom is 0.224 e. The van der Waals surface area contributed by atoms with E-state index in [4.69, 9.17) is 17.3 Å². The number of nitriles is 1. The van der Waals surface area contributed by atoms with Gasteiger partial charge in [-0.2, -0.15) is 10.2 Å². The van der Waals surface area contributed by atoms with Crippen molar-refractivity contribution in [3.8, 4) is 6.07 Å². The van der Waals surface area contributed by atoms with E-state index < -0.39 is 0 Å². The van der Waals surface area contributed by atoms with Crippen LogP contribution >= 0.6 is 11.6 Å². The average molecular weight is 424 g/mol. The second-order valence-corrected chi connectivity index (χ2v) is 9.70. The second-order valence-electron chi connectivity index (χ2n) is 9.29. The quantitative estimate of drug-likeness (QED) is 0.650. The Kier molecular flexibility index (Phi) is 5.00. The van der Waals surface area contributed by atoms with Gasteiger partial charge in [0, 0.05) is 42.1 Å². The van der Waals surface area contributed by atoms with Gasteiger partial charge in [0.05, 0.1) is 6.20 Å². The lowest BCUT2D eigenvalue weighted by Crippen LogP contribution is -2.58. The minimum absolute atomic E-state index is 0.279. The molecule has 0 spiro atoms. The highest BCUT2D eigenvalue weighted by atomic mass is 35.5. The smallest absolute Gasteiger partial charge is 0.224 e. The molecule has 2 aromatic heterocycles. The third-order valence-electron chi connectivity index (χ3n) is 7.29. The number of hydrogen-bond acceptors (Lipinski definition) is 7. The molecule has 4 aliphatic carbocycles. The first-order chi connectivity index (χ1) is 14.5. The molecule has 5 atom stereocenters. The summed E-state index contributed by atoms with van der Waals surface area (Å²) in [5, 5.41) is 16.8. The largest absolute Gasteiger partial charge is 0.368 e. The first kappa shape index (κ1) is 19.5. The minimum Gasteiger partial charge on any atom is -0.368 e. The van der Waals surface area contributed by atoms with E-state index in [0.29, 0.717) is 46.8 Å². The predicted octanol–water partition coefficient (Wildman–Crippen LogP) is 3.57. The van der Waals surface area contributed by atoms with E-state index in [-0.39, 0.29) is 5.41 Å². The number of nitrogens with zero attached hydrogens (tertiary/aromatic N) is 4. The predicted molar refractivity (Wildman–Crippen MR) is 116 cm³/mol. The molecule has 2 aromatic rings. The van der Waals surface area contributed by atoms with Crippen molar-refractivity contribution in [3.05, 3.63) is 40.8 Å². The molecule has 0 amide bonds. The van der Waals surface area contributed by atoms with Gasteiger partial charge in [0.1, 0.15) is 17.5 Å². The summed E-state index contributed by atoms with van der Waals surface area (Å²) in [4.78, 5) is 12.9. The van der Waals surface area contributed by atoms with E-state index in [0.717, 1.165) is 18.0 Å². The van der Waals surface area contributed by atoms with E-state index in [9.17, 15) is 5.26 Å². The zero-order chi connectivity index (χ0) is 20.7. The van der Waals surface area contributed by atoms with Crippen molar-refractivity contribution < 1.29 is 0 Å². The first-order valence-corrected chi connectivity index (χ1v) is 11.0. The number of nitrogens with one attached hydrogen (secondary N) is 2. The van der Waals surface area contributed by atoms with Crippen LogP contribution in [0.3, 0.4) is 0 Å². The van der Waals surface area contributed by atoms with Gasteiger partial charge in [-0.1, -0.05) is 11.6 Å². The molecule has 4 N–H and O–H groups in total. The van der Waals surface area contributed by atoms with E-state index in [2.05, 4.69) is 31.7 Å². The Hall–Kier alpha value is -2.43. The van der Waals surface area contributed by atoms with Gasteiger partial charge in [-0.25, -0.2) is 4.98 Å². The summed E-state index contributed by atoms with van der Waals surface area (Å²) in [5.74, 6) is 3.17. The van der Waals surface area contributed by atoms with Crippen LogP contribution in [0.2, 0.25) is 5.02 Å². The van der Waals surface area contributed by atoms with Gasteiger partial charge >= 0.3 is 0 Å². The lowest BCUT2D eigenvalue weighted by atomic mass is 9.48. The van der Waals surface area contributed by atoms with Crippen LogP contribution in [0.5, 0.6) is 0 Å². The molecule has 1 unspecified atom stereocenters. The van der Waals surface area contributed by atoms with Crippen molar-refractivity contribution in [1.29, 1.82) is 5.26 Å². The van der Waals surface area contributed by atoms with Crippen LogP contribution in [-0.4, -0.2) is 27.5 Å². The number of halogens is 1. The molecule has 8 heteroatoms. The van der Waals surface area contributed by atoms with E-state index in [1.165, 1.54) is 32.1 Å². The number of aromatic nitrogens is 3. The summed E-state index contributed by atoms with van der Waals surface area (Å²) in [6.45, 7) is 1.30. The Balaban J connectivity index is 1.29. The molecule has 156 valence electrons. The van der Waals surface area contributed by atoms with Gasteiger partial charge in [-0.05, 0) is 61.3 Å². The Bertz CT molecular complexity index is 972. The molecular formula is C22H26ClN7. The van der Waals surface area contributed by atoms with Crippen LogP contribution < -0.4 is 16.4 Å². The molecule has 4 bridgehead atoms. The van der Waals surface area contributed by atoms with Crippen molar-refractivity contribution >= 4 is 23.4 Å². The van der Waals surface area contributed by atoms with Gasteiger partial charge in [-0.15, -0.1) is 0 Å². The minimum atomic E-state index is 0.279. The number of pyridine rings is 1. The van der Waals surface area contributed by atoms with Gasteiger partial charge < -0.3 is 16.4 Å². The fourth-order valence-electron chi connectivity index (χ4n) is 6.12. The van der Waals surface area contributed by atoms with Crippen LogP contribution in [0.25, 0.3) is 0 Å². The molecule has 0 saturated heterocycles. The van der Waals surface area contributed by atoms with Crippen molar-refractivity contribution in [2.24, 2.45) is 28.9 Å². The SMILES string of the molecule is N#Cc1cnc(NCc2cnccc2Cl)nc1NC[C@]12CC3C[C@H](C1)[C@@H](N)[C@@H](C3)C2. The molecule has 0 aliphatic heterocycles. The topological polar surface area (TPSA) is 113 Å². The fraction of sp³-hybridized carbons (Fsp3) is 0.545. The second kappa shape index (κ2) is 7.68. The summed E-state index contributed by atoms with van der Waals surface area (Å²) in [7, 11) is 0. The van der Waals surface area contributed by atoms with E-state index >= 15 is 0 Å². The monoisotopic (exact) mass is 423 g/mol. The lowest BCUT2D eigenvalue weighted by Gasteiger charge is -2.59. The Morgan fingerprint density at radius 2 is 2.00 bits per heavy atom. The Labute approximate surface area is 181 Å². The molecular weight excluding hydrogens is 398 g/mol. The number of nitrogens with two attached hydrogens (primary N) is 1. The maximum atomic E-state index is 9.52. The zero-order valence-electron chi connectivity index (χ0n) is 16.8. The number of hydrogen-bond donors (Lipinski definition) is 3. The third kappa shape index (κ3) is 3.59. The van der Waals surface area contributed by atoms with Gasteiger partial charge in [0.25, 0.3) is 0 Å². The molecule has 0 radical (unpaired) electrons. The molecule has 0 aromatic carbocycles. The van der Waals surface area contributed by atoms with Crippen LogP contribution in [0.1, 0.15) is 43.2 Å². The number of anilines is 2. The third-order valence-corrected chi connectivity index (χ3v) is 7.66. The summed E-state index contributed by atoms with van der Waals surface area (Å²) >= 11 is 6.19. The normalized spacial score (nSPS) is 31.4. The molecule has 4 saturated carbocycles. The van der Waals surface area contributed by atoms with Crippen molar-refractivity contribution in [2.45, 2.75) is 44.7 Å². The van der Waals surface area contributed by atoms with Crippen molar-refractivity contribution in [1.82, 2.24) is 15.0 Å². The lowest BCUT2D eigenvalue weighted by molar-refractivity contribution is -0.0591. The fourth-order valence-corrected chi connectivity index (χ4v) is 6.29. The maximum absolute atomic E-state index is 9.52. The summed E-state index contributed by atoms with van der Waals surface area (Å²) in [6, 6.07) is 4.33. The molecule has 4 aliphatic rings. The molecule has 4 fully saturated rings. The van der Waals surface area contributed by atoms with Gasteiger partial charge in [0.2, 0.25) is 5.95 Å². The standard InChI is InChI=1S/C22H26ClN7/c23-18-1-2-26-9-17(18)11-28-21-27-10-16(8-24)20(30-21)29-12-22-5-13-3-14(6-22)19(25)15(4-13)7-22/h1-2,9-10,13-15,19H,3-7,11-12,25H2,(H2,27,28,29,30)/t13?,14-,15+,19-,22-. The average Bonchev–Trinajstić information content (AvgIpc) is 2.75. The highest BCUT2D eigenvalue weighted by Gasteiger charge is 2.54. The van der Waals surface area contributed by atoms with Crippen LogP contribution in [0, 0.1) is 34.5 Å². The Morgan fingerprint density at radius 3 is 2.73 bits per heavy atom. The van der Waals surface area contributed by atoms with Crippen LogP contribution in [0.4, 0.5) is 11.8 Å². The van der Waals surface area contributed by atoms with Crippen molar-refractivity contribution in [2.75, 3.05) is 17.2 Å². The van der Waals surface area contributed by atoms with E-state index in [1.54, 1.807) is 24.7 Å². The highest BCUT2D eigenvalue weighted by Crippen LogP contribution is 2.59.